The van der Waals surface area contributed by atoms with Crippen molar-refractivity contribution < 1.29 is 9.53 Å². The fraction of sp³-hybridized carbons (Fsp3) is 0.487. The van der Waals surface area contributed by atoms with Gasteiger partial charge in [-0.2, -0.15) is 10.2 Å². The van der Waals surface area contributed by atoms with Gasteiger partial charge >= 0.3 is 5.97 Å². The van der Waals surface area contributed by atoms with Crippen LogP contribution in [-0.4, -0.2) is 37.6 Å². The number of nitrogens with two attached hydrogens (primary N) is 1. The van der Waals surface area contributed by atoms with E-state index in [0.717, 1.165) is 58.2 Å². The van der Waals surface area contributed by atoms with Crippen molar-refractivity contribution >= 4 is 33.5 Å². The summed E-state index contributed by atoms with van der Waals surface area (Å²) in [6, 6.07) is 14.5. The third-order valence-corrected chi connectivity index (χ3v) is 10.5. The van der Waals surface area contributed by atoms with Gasteiger partial charge in [0.05, 0.1) is 41.8 Å². The lowest BCUT2D eigenvalue weighted by atomic mass is 9.89. The van der Waals surface area contributed by atoms with E-state index in [4.69, 9.17) is 10.5 Å². The Balaban J connectivity index is 0.000000174. The van der Waals surface area contributed by atoms with Gasteiger partial charge in [-0.15, -0.1) is 0 Å². The zero-order chi connectivity index (χ0) is 32.2. The van der Waals surface area contributed by atoms with Crippen LogP contribution in [0.2, 0.25) is 0 Å². The second kappa shape index (κ2) is 14.3. The van der Waals surface area contributed by atoms with Gasteiger partial charge in [0.25, 0.3) is 0 Å². The zero-order valence-electron chi connectivity index (χ0n) is 27.7. The Labute approximate surface area is 277 Å². The third-order valence-electron chi connectivity index (χ3n) is 10.5. The largest absolute Gasteiger partial charge is 0.465 e. The number of fused-ring (bicyclic) bond motifs is 2. The van der Waals surface area contributed by atoms with Crippen LogP contribution in [-0.2, 0) is 24.2 Å². The van der Waals surface area contributed by atoms with E-state index in [9.17, 15) is 4.79 Å². The topological polar surface area (TPSA) is 101 Å². The monoisotopic (exact) mass is 632 g/mol. The summed E-state index contributed by atoms with van der Waals surface area (Å²) >= 11 is 0. The lowest BCUT2D eigenvalue weighted by molar-refractivity contribution is 0.0599. The normalized spacial score (nSPS) is 17.5. The highest BCUT2D eigenvalue weighted by atomic mass is 16.5. The summed E-state index contributed by atoms with van der Waals surface area (Å²) in [5, 5.41) is 11.5. The first kappa shape index (κ1) is 31.4. The molecular formula is C39H48N6O2. The molecule has 0 amide bonds. The maximum atomic E-state index is 12.3. The smallest absolute Gasteiger partial charge is 0.339 e. The Kier molecular flexibility index (Phi) is 9.54. The summed E-state index contributed by atoms with van der Waals surface area (Å²) in [6.07, 6.45) is 22.4. The molecule has 2 N–H and O–H groups in total. The maximum absolute atomic E-state index is 12.3. The van der Waals surface area contributed by atoms with Crippen molar-refractivity contribution in [2.75, 3.05) is 12.8 Å². The minimum absolute atomic E-state index is 0.304. The molecule has 0 unspecified atom stereocenters. The third kappa shape index (κ3) is 7.53. The highest BCUT2D eigenvalue weighted by Gasteiger charge is 2.26. The van der Waals surface area contributed by atoms with E-state index < -0.39 is 0 Å². The van der Waals surface area contributed by atoms with Gasteiger partial charge in [0.15, 0.2) is 0 Å². The molecule has 3 aliphatic carbocycles. The van der Waals surface area contributed by atoms with Crippen molar-refractivity contribution in [3.8, 4) is 0 Å². The van der Waals surface area contributed by atoms with Crippen LogP contribution >= 0.6 is 0 Å². The zero-order valence-corrected chi connectivity index (χ0v) is 27.7. The van der Waals surface area contributed by atoms with E-state index in [2.05, 4.69) is 48.8 Å². The van der Waals surface area contributed by atoms with Crippen LogP contribution in [0.25, 0.3) is 21.8 Å². The van der Waals surface area contributed by atoms with Crippen LogP contribution in [0.4, 0.5) is 5.69 Å². The van der Waals surface area contributed by atoms with E-state index >= 15 is 0 Å². The SMILES string of the molecule is COC(=O)c1cc(C2CC2)cnc1Cc1ccc2c(cnn2CC2CCCCC2)c1.Nc1ccc2c(cnn2CC2CCCCC2)c1. The van der Waals surface area contributed by atoms with E-state index in [-0.39, 0.29) is 5.97 Å². The number of hydrogen-bond donors (Lipinski definition) is 1. The quantitative estimate of drug-likeness (QED) is 0.136. The lowest BCUT2D eigenvalue weighted by Gasteiger charge is -2.21. The molecule has 0 saturated heterocycles. The van der Waals surface area contributed by atoms with Gasteiger partial charge in [-0.05, 0) is 104 Å². The molecule has 246 valence electrons. The number of carbonyl (C=O) groups excluding carboxylic acids is 1. The number of aromatic nitrogens is 5. The lowest BCUT2D eigenvalue weighted by Crippen LogP contribution is -2.14. The summed E-state index contributed by atoms with van der Waals surface area (Å²) in [6.45, 7) is 2.08. The minimum atomic E-state index is -0.304. The van der Waals surface area contributed by atoms with Gasteiger partial charge in [-0.25, -0.2) is 4.79 Å². The Morgan fingerprint density at radius 3 is 1.96 bits per heavy atom. The standard InChI is InChI=1S/C25H29N3O2.C14H19N3/c1-30-25(29)22-13-20(19-8-9-19)14-26-23(22)12-18-7-10-24-21(11-18)15-27-28(24)16-17-5-3-2-4-6-17;15-13-6-7-14-12(8-13)9-16-17(14)10-11-4-2-1-3-5-11/h7,10-11,13-15,17,19H,2-6,8-9,12,16H2,1H3;6-9,11H,1-5,10,15H2. The molecule has 3 aromatic heterocycles. The minimum Gasteiger partial charge on any atom is -0.465 e. The average Bonchev–Trinajstić information content (AvgIpc) is 3.78. The van der Waals surface area contributed by atoms with Gasteiger partial charge in [0.2, 0.25) is 0 Å². The van der Waals surface area contributed by atoms with Gasteiger partial charge in [0.1, 0.15) is 0 Å². The molecule has 0 spiro atoms. The molecule has 0 atom stereocenters. The Hall–Kier alpha value is -4.20. The molecule has 8 nitrogen and oxygen atoms in total. The maximum Gasteiger partial charge on any atom is 0.339 e. The Morgan fingerprint density at radius 1 is 0.766 bits per heavy atom. The number of methoxy groups -OCH3 is 1. The molecule has 3 heterocycles. The molecule has 0 aliphatic heterocycles. The van der Waals surface area contributed by atoms with Gasteiger partial charge in [-0.3, -0.25) is 14.3 Å². The highest BCUT2D eigenvalue weighted by Crippen LogP contribution is 2.40. The molecule has 0 radical (unpaired) electrons. The summed E-state index contributed by atoms with van der Waals surface area (Å²) in [4.78, 5) is 17.0. The van der Waals surface area contributed by atoms with E-state index in [1.54, 1.807) is 0 Å². The van der Waals surface area contributed by atoms with Crippen LogP contribution in [0.3, 0.4) is 0 Å². The molecule has 47 heavy (non-hydrogen) atoms. The van der Waals surface area contributed by atoms with Crippen molar-refractivity contribution in [3.63, 3.8) is 0 Å². The summed E-state index contributed by atoms with van der Waals surface area (Å²) in [5.41, 5.74) is 12.7. The highest BCUT2D eigenvalue weighted by molar-refractivity contribution is 5.91. The number of carbonyl (C=O) groups is 1. The van der Waals surface area contributed by atoms with Crippen LogP contribution in [0, 0.1) is 11.8 Å². The molecule has 8 rings (SSSR count). The van der Waals surface area contributed by atoms with Crippen molar-refractivity contribution in [1.82, 2.24) is 24.5 Å². The number of ether oxygens (including phenoxy) is 1. The number of pyridine rings is 1. The second-order valence-electron chi connectivity index (χ2n) is 14.1. The van der Waals surface area contributed by atoms with Crippen molar-refractivity contribution in [3.05, 3.63) is 83.4 Å². The van der Waals surface area contributed by atoms with Crippen molar-refractivity contribution in [1.29, 1.82) is 0 Å². The molecule has 8 heteroatoms. The summed E-state index contributed by atoms with van der Waals surface area (Å²) in [7, 11) is 1.43. The Morgan fingerprint density at radius 2 is 1.36 bits per heavy atom. The fourth-order valence-corrected chi connectivity index (χ4v) is 7.64. The summed E-state index contributed by atoms with van der Waals surface area (Å²) < 4.78 is 9.33. The number of hydrogen-bond acceptors (Lipinski definition) is 6. The molecule has 0 bridgehead atoms. The molecule has 5 aromatic rings. The second-order valence-corrected chi connectivity index (χ2v) is 14.1. The number of anilines is 1. The molecule has 3 fully saturated rings. The van der Waals surface area contributed by atoms with Gasteiger partial charge < -0.3 is 10.5 Å². The number of esters is 1. The van der Waals surface area contributed by atoms with E-state index in [1.165, 1.54) is 95.2 Å². The Bertz CT molecular complexity index is 1820. The first-order valence-corrected chi connectivity index (χ1v) is 17.8. The van der Waals surface area contributed by atoms with Gasteiger partial charge in [0, 0.05) is 42.2 Å². The van der Waals surface area contributed by atoms with Gasteiger partial charge in [-0.1, -0.05) is 44.6 Å². The van der Waals surface area contributed by atoms with Crippen LogP contribution in [0.15, 0.2) is 61.1 Å². The number of benzene rings is 2. The predicted octanol–water partition coefficient (Wildman–Crippen LogP) is 8.47. The molecular weight excluding hydrogens is 584 g/mol. The molecule has 2 aromatic carbocycles. The number of rotatable bonds is 8. The first-order chi connectivity index (χ1) is 23.0. The number of nitrogen functional groups attached to an aromatic ring is 1. The van der Waals surface area contributed by atoms with Crippen molar-refractivity contribution in [2.24, 2.45) is 11.8 Å². The predicted molar refractivity (Wildman–Crippen MR) is 187 cm³/mol. The molecule has 3 saturated carbocycles. The molecule has 3 aliphatic rings. The summed E-state index contributed by atoms with van der Waals surface area (Å²) in [5.74, 6) is 1.81. The van der Waals surface area contributed by atoms with Crippen molar-refractivity contribution in [2.45, 2.75) is 102 Å². The fourth-order valence-electron chi connectivity index (χ4n) is 7.64. The van der Waals surface area contributed by atoms with Crippen LogP contribution < -0.4 is 5.73 Å². The van der Waals surface area contributed by atoms with E-state index in [0.29, 0.717) is 17.9 Å². The van der Waals surface area contributed by atoms with Crippen LogP contribution in [0.5, 0.6) is 0 Å². The van der Waals surface area contributed by atoms with E-state index in [1.807, 2.05) is 36.8 Å². The van der Waals surface area contributed by atoms with Crippen LogP contribution in [0.1, 0.15) is 110 Å². The first-order valence-electron chi connectivity index (χ1n) is 17.8. The number of nitrogens with zero attached hydrogens (tertiary/aromatic N) is 5. The average molecular weight is 633 g/mol.